The van der Waals surface area contributed by atoms with E-state index in [9.17, 15) is 9.59 Å². The molecule has 3 amide bonds. The van der Waals surface area contributed by atoms with Crippen LogP contribution in [0.15, 0.2) is 41.0 Å². The minimum Gasteiger partial charge on any atom is -0.481 e. The molecule has 2 rings (SSSR count). The van der Waals surface area contributed by atoms with Gasteiger partial charge < -0.3 is 14.5 Å². The first-order chi connectivity index (χ1) is 10.6. The minimum absolute atomic E-state index is 0.170. The Labute approximate surface area is 136 Å². The fraction of sp³-hybridized carbons (Fsp3) is 0.143. The summed E-state index contributed by atoms with van der Waals surface area (Å²) in [6, 6.07) is 7.55. The van der Waals surface area contributed by atoms with Gasteiger partial charge in [0, 0.05) is 0 Å². The number of imide groups is 1. The van der Waals surface area contributed by atoms with Gasteiger partial charge in [-0.2, -0.15) is 0 Å². The lowest BCUT2D eigenvalue weighted by Crippen LogP contribution is -2.41. The maximum absolute atomic E-state index is 11.6. The first-order valence-electron chi connectivity index (χ1n) is 6.23. The standard InChI is InChI=1S/C14H12Cl2N2O4/c15-10-4-1-5-11(16)13(10)22-8-12(19)18-14(20)17-7-9-3-2-6-21-9/h1-6H,7-8H2,(H2,17,18,19,20). The molecule has 116 valence electrons. The van der Waals surface area contributed by atoms with Crippen molar-refractivity contribution in [2.45, 2.75) is 6.54 Å². The van der Waals surface area contributed by atoms with Crippen LogP contribution in [0.25, 0.3) is 0 Å². The molecular weight excluding hydrogens is 331 g/mol. The molecule has 1 heterocycles. The maximum Gasteiger partial charge on any atom is 0.321 e. The zero-order valence-electron chi connectivity index (χ0n) is 11.3. The third-order valence-electron chi connectivity index (χ3n) is 2.52. The zero-order valence-corrected chi connectivity index (χ0v) is 12.8. The second kappa shape index (κ2) is 7.72. The number of benzene rings is 1. The molecule has 22 heavy (non-hydrogen) atoms. The predicted octanol–water partition coefficient (Wildman–Crippen LogP) is 2.99. The number of amides is 3. The largest absolute Gasteiger partial charge is 0.481 e. The third-order valence-corrected chi connectivity index (χ3v) is 3.12. The van der Waals surface area contributed by atoms with E-state index in [0.29, 0.717) is 5.76 Å². The number of hydrogen-bond acceptors (Lipinski definition) is 4. The molecule has 0 saturated carbocycles. The second-order valence-electron chi connectivity index (χ2n) is 4.15. The average Bonchev–Trinajstić information content (AvgIpc) is 2.98. The van der Waals surface area contributed by atoms with E-state index in [0.717, 1.165) is 0 Å². The van der Waals surface area contributed by atoms with Crippen molar-refractivity contribution in [3.8, 4) is 5.75 Å². The van der Waals surface area contributed by atoms with Crippen molar-refractivity contribution in [2.24, 2.45) is 0 Å². The van der Waals surface area contributed by atoms with Crippen LogP contribution in [0.2, 0.25) is 10.0 Å². The summed E-state index contributed by atoms with van der Waals surface area (Å²) in [5.41, 5.74) is 0. The molecule has 0 saturated heterocycles. The Bertz CT molecular complexity index is 639. The molecule has 0 radical (unpaired) electrons. The SMILES string of the molecule is O=C(COc1c(Cl)cccc1Cl)NC(=O)NCc1ccco1. The molecule has 0 aliphatic rings. The number of carbonyl (C=O) groups is 2. The molecule has 0 atom stereocenters. The smallest absolute Gasteiger partial charge is 0.321 e. The highest BCUT2D eigenvalue weighted by atomic mass is 35.5. The van der Waals surface area contributed by atoms with Crippen molar-refractivity contribution in [3.05, 3.63) is 52.4 Å². The Hall–Kier alpha value is -2.18. The lowest BCUT2D eigenvalue weighted by Gasteiger charge is -2.09. The summed E-state index contributed by atoms with van der Waals surface area (Å²) in [6.45, 7) is -0.221. The normalized spacial score (nSPS) is 10.1. The summed E-state index contributed by atoms with van der Waals surface area (Å²) in [7, 11) is 0. The van der Waals surface area contributed by atoms with Crippen LogP contribution in [0, 0.1) is 0 Å². The van der Waals surface area contributed by atoms with E-state index < -0.39 is 18.5 Å². The van der Waals surface area contributed by atoms with Gasteiger partial charge in [0.1, 0.15) is 5.76 Å². The van der Waals surface area contributed by atoms with E-state index in [1.807, 2.05) is 0 Å². The van der Waals surface area contributed by atoms with Crippen LogP contribution in [0.1, 0.15) is 5.76 Å². The fourth-order valence-corrected chi connectivity index (χ4v) is 2.05. The Kier molecular flexibility index (Phi) is 5.68. The number of urea groups is 1. The summed E-state index contributed by atoms with van der Waals surface area (Å²) in [4.78, 5) is 23.1. The molecule has 2 aromatic rings. The van der Waals surface area contributed by atoms with Crippen LogP contribution in [0.5, 0.6) is 5.75 Å². The Morgan fingerprint density at radius 1 is 1.14 bits per heavy atom. The Morgan fingerprint density at radius 3 is 2.50 bits per heavy atom. The van der Waals surface area contributed by atoms with Crippen LogP contribution < -0.4 is 15.4 Å². The molecule has 2 N–H and O–H groups in total. The van der Waals surface area contributed by atoms with Gasteiger partial charge in [0.25, 0.3) is 5.91 Å². The molecule has 6 nitrogen and oxygen atoms in total. The summed E-state index contributed by atoms with van der Waals surface area (Å²) in [5, 5.41) is 5.13. The number of para-hydroxylation sites is 1. The molecule has 0 fully saturated rings. The van der Waals surface area contributed by atoms with Crippen molar-refractivity contribution in [3.63, 3.8) is 0 Å². The second-order valence-corrected chi connectivity index (χ2v) is 4.96. The van der Waals surface area contributed by atoms with Crippen molar-refractivity contribution in [1.82, 2.24) is 10.6 Å². The van der Waals surface area contributed by atoms with Gasteiger partial charge >= 0.3 is 6.03 Å². The van der Waals surface area contributed by atoms with Crippen LogP contribution in [0.4, 0.5) is 4.79 Å². The van der Waals surface area contributed by atoms with Gasteiger partial charge in [-0.15, -0.1) is 0 Å². The van der Waals surface area contributed by atoms with E-state index in [1.54, 1.807) is 30.3 Å². The molecule has 8 heteroatoms. The zero-order chi connectivity index (χ0) is 15.9. The van der Waals surface area contributed by atoms with Crippen LogP contribution in [-0.4, -0.2) is 18.5 Å². The minimum atomic E-state index is -0.657. The van der Waals surface area contributed by atoms with Gasteiger partial charge in [-0.3, -0.25) is 10.1 Å². The summed E-state index contributed by atoms with van der Waals surface area (Å²) >= 11 is 11.8. The topological polar surface area (TPSA) is 80.6 Å². The quantitative estimate of drug-likeness (QED) is 0.875. The highest BCUT2D eigenvalue weighted by Crippen LogP contribution is 2.32. The van der Waals surface area contributed by atoms with E-state index in [2.05, 4.69) is 10.6 Å². The molecular formula is C14H12Cl2N2O4. The number of rotatable bonds is 5. The van der Waals surface area contributed by atoms with Gasteiger partial charge in [0.15, 0.2) is 12.4 Å². The van der Waals surface area contributed by atoms with Gasteiger partial charge in [-0.25, -0.2) is 4.79 Å². The first-order valence-corrected chi connectivity index (χ1v) is 6.98. The summed E-state index contributed by atoms with van der Waals surface area (Å²) in [6.07, 6.45) is 1.49. The third kappa shape index (κ3) is 4.68. The molecule has 0 bridgehead atoms. The lowest BCUT2D eigenvalue weighted by molar-refractivity contribution is -0.122. The van der Waals surface area contributed by atoms with E-state index in [4.69, 9.17) is 32.4 Å². The number of carbonyl (C=O) groups excluding carboxylic acids is 2. The Morgan fingerprint density at radius 2 is 1.86 bits per heavy atom. The lowest BCUT2D eigenvalue weighted by atomic mass is 10.3. The van der Waals surface area contributed by atoms with Crippen LogP contribution in [-0.2, 0) is 11.3 Å². The number of ether oxygens (including phenoxy) is 1. The van der Waals surface area contributed by atoms with Gasteiger partial charge in [0.2, 0.25) is 0 Å². The highest BCUT2D eigenvalue weighted by molar-refractivity contribution is 6.37. The van der Waals surface area contributed by atoms with E-state index in [-0.39, 0.29) is 22.3 Å². The predicted molar refractivity (Wildman–Crippen MR) is 81.0 cm³/mol. The van der Waals surface area contributed by atoms with Crippen molar-refractivity contribution < 1.29 is 18.7 Å². The monoisotopic (exact) mass is 342 g/mol. The molecule has 0 unspecified atom stereocenters. The van der Waals surface area contributed by atoms with E-state index in [1.165, 1.54) is 6.26 Å². The summed E-state index contributed by atoms with van der Waals surface area (Å²) in [5.74, 6) is 0.131. The number of nitrogens with one attached hydrogen (secondary N) is 2. The summed E-state index contributed by atoms with van der Waals surface area (Å²) < 4.78 is 10.2. The highest BCUT2D eigenvalue weighted by Gasteiger charge is 2.12. The van der Waals surface area contributed by atoms with Gasteiger partial charge in [0.05, 0.1) is 22.9 Å². The van der Waals surface area contributed by atoms with Gasteiger partial charge in [-0.1, -0.05) is 29.3 Å². The molecule has 1 aromatic heterocycles. The van der Waals surface area contributed by atoms with Crippen molar-refractivity contribution >= 4 is 35.1 Å². The average molecular weight is 343 g/mol. The maximum atomic E-state index is 11.6. The number of halogens is 2. The van der Waals surface area contributed by atoms with Gasteiger partial charge in [-0.05, 0) is 24.3 Å². The van der Waals surface area contributed by atoms with Crippen molar-refractivity contribution in [1.29, 1.82) is 0 Å². The number of hydrogen-bond donors (Lipinski definition) is 2. The Balaban J connectivity index is 1.76. The molecule has 0 aliphatic heterocycles. The first kappa shape index (κ1) is 16.2. The van der Waals surface area contributed by atoms with Crippen LogP contribution in [0.3, 0.4) is 0 Å². The van der Waals surface area contributed by atoms with E-state index >= 15 is 0 Å². The molecule has 1 aromatic carbocycles. The fourth-order valence-electron chi connectivity index (χ4n) is 1.55. The van der Waals surface area contributed by atoms with Crippen molar-refractivity contribution in [2.75, 3.05) is 6.61 Å². The molecule has 0 aliphatic carbocycles. The number of furan rings is 1. The van der Waals surface area contributed by atoms with Crippen LogP contribution >= 0.6 is 23.2 Å². The molecule has 0 spiro atoms.